The summed E-state index contributed by atoms with van der Waals surface area (Å²) in [6.07, 6.45) is 2.29. The van der Waals surface area contributed by atoms with Gasteiger partial charge in [0.25, 0.3) is 0 Å². The Morgan fingerprint density at radius 2 is 1.21 bits per heavy atom. The topological polar surface area (TPSA) is 17.1 Å². The summed E-state index contributed by atoms with van der Waals surface area (Å²) < 4.78 is 0. The van der Waals surface area contributed by atoms with Gasteiger partial charge >= 0.3 is 0 Å². The van der Waals surface area contributed by atoms with Crippen molar-refractivity contribution >= 4 is 17.5 Å². The molecule has 0 amide bonds. The molecular formula is C31H26OS. The van der Waals surface area contributed by atoms with Gasteiger partial charge in [-0.2, -0.15) is 0 Å². The number of hydrogen-bond donors (Lipinski definition) is 0. The van der Waals surface area contributed by atoms with Crippen LogP contribution in [-0.4, -0.2) is 11.0 Å². The molecular weight excluding hydrogens is 420 g/mol. The largest absolute Gasteiger partial charge is 0.299 e. The lowest BCUT2D eigenvalue weighted by atomic mass is 9.69. The fourth-order valence-electron chi connectivity index (χ4n) is 6.18. The minimum Gasteiger partial charge on any atom is -0.299 e. The molecule has 6 rings (SSSR count). The molecule has 1 saturated carbocycles. The van der Waals surface area contributed by atoms with Crippen molar-refractivity contribution in [2.24, 2.45) is 0 Å². The van der Waals surface area contributed by atoms with Crippen molar-refractivity contribution in [1.82, 2.24) is 0 Å². The van der Waals surface area contributed by atoms with Gasteiger partial charge in [0, 0.05) is 22.0 Å². The molecule has 162 valence electrons. The third-order valence-electron chi connectivity index (χ3n) is 7.67. The number of rotatable bonds is 4. The molecule has 1 spiro atoms. The van der Waals surface area contributed by atoms with Gasteiger partial charge in [0.2, 0.25) is 0 Å². The number of carbonyl (C=O) groups is 1. The average Bonchev–Trinajstić information content (AvgIpc) is 3.37. The Bertz CT molecular complexity index is 1240. The lowest BCUT2D eigenvalue weighted by molar-refractivity contribution is -0.122. The maximum absolute atomic E-state index is 14.3. The Morgan fingerprint density at radius 1 is 0.667 bits per heavy atom. The molecule has 4 aromatic carbocycles. The fourth-order valence-corrected chi connectivity index (χ4v) is 7.63. The average molecular weight is 447 g/mol. The van der Waals surface area contributed by atoms with Crippen LogP contribution in [0.3, 0.4) is 0 Å². The summed E-state index contributed by atoms with van der Waals surface area (Å²) in [6.45, 7) is 0. The van der Waals surface area contributed by atoms with Crippen LogP contribution in [0.5, 0.6) is 0 Å². The molecule has 0 saturated heterocycles. The van der Waals surface area contributed by atoms with Crippen molar-refractivity contribution in [3.05, 3.63) is 138 Å². The van der Waals surface area contributed by atoms with Crippen LogP contribution in [0.15, 0.2) is 120 Å². The molecule has 0 radical (unpaired) electrons. The van der Waals surface area contributed by atoms with Gasteiger partial charge in [0.15, 0.2) is 0 Å². The van der Waals surface area contributed by atoms with E-state index in [9.17, 15) is 4.79 Å². The van der Waals surface area contributed by atoms with Crippen LogP contribution < -0.4 is 0 Å². The SMILES string of the molecule is O=C1CC(c2ccccc2)(c2ccccc2)C[C@]12c1ccccc1C[C@@H]2Sc1ccccc1. The van der Waals surface area contributed by atoms with E-state index in [0.29, 0.717) is 12.2 Å². The van der Waals surface area contributed by atoms with Crippen molar-refractivity contribution in [3.8, 4) is 0 Å². The Kier molecular flexibility index (Phi) is 4.99. The van der Waals surface area contributed by atoms with E-state index >= 15 is 0 Å². The zero-order valence-corrected chi connectivity index (χ0v) is 19.3. The molecule has 0 bridgehead atoms. The van der Waals surface area contributed by atoms with Gasteiger partial charge in [-0.3, -0.25) is 4.79 Å². The van der Waals surface area contributed by atoms with Crippen molar-refractivity contribution < 1.29 is 4.79 Å². The molecule has 2 aliphatic rings. The molecule has 0 heterocycles. The van der Waals surface area contributed by atoms with Crippen molar-refractivity contribution in [2.75, 3.05) is 0 Å². The molecule has 33 heavy (non-hydrogen) atoms. The first-order valence-corrected chi connectivity index (χ1v) is 12.5. The minimum absolute atomic E-state index is 0.194. The van der Waals surface area contributed by atoms with E-state index in [2.05, 4.69) is 115 Å². The van der Waals surface area contributed by atoms with Crippen molar-refractivity contribution in [1.29, 1.82) is 0 Å². The highest BCUT2D eigenvalue weighted by atomic mass is 32.2. The summed E-state index contributed by atoms with van der Waals surface area (Å²) in [5, 5.41) is 0.194. The Labute approximate surface area is 199 Å². The van der Waals surface area contributed by atoms with E-state index in [4.69, 9.17) is 0 Å². The highest BCUT2D eigenvalue weighted by Crippen LogP contribution is 2.61. The predicted octanol–water partition coefficient (Wildman–Crippen LogP) is 6.99. The zero-order valence-electron chi connectivity index (χ0n) is 18.5. The van der Waals surface area contributed by atoms with Gasteiger partial charge in [-0.05, 0) is 47.2 Å². The maximum atomic E-state index is 14.3. The first kappa shape index (κ1) is 20.5. The smallest absolute Gasteiger partial charge is 0.145 e. The van der Waals surface area contributed by atoms with Gasteiger partial charge in [-0.1, -0.05) is 103 Å². The summed E-state index contributed by atoms with van der Waals surface area (Å²) in [5.41, 5.74) is 4.27. The second-order valence-corrected chi connectivity index (χ2v) is 10.6. The first-order valence-electron chi connectivity index (χ1n) is 11.7. The highest BCUT2D eigenvalue weighted by molar-refractivity contribution is 8.00. The summed E-state index contributed by atoms with van der Waals surface area (Å²) in [4.78, 5) is 15.5. The van der Waals surface area contributed by atoms with Crippen molar-refractivity contribution in [2.45, 2.75) is 40.2 Å². The Balaban J connectivity index is 1.53. The molecule has 0 aromatic heterocycles. The summed E-state index contributed by atoms with van der Waals surface area (Å²) >= 11 is 1.88. The molecule has 2 atom stereocenters. The van der Waals surface area contributed by atoms with E-state index in [1.807, 2.05) is 11.8 Å². The molecule has 4 aromatic rings. The van der Waals surface area contributed by atoms with Crippen molar-refractivity contribution in [3.63, 3.8) is 0 Å². The van der Waals surface area contributed by atoms with Crippen LogP contribution in [0.1, 0.15) is 35.1 Å². The minimum atomic E-state index is -0.483. The van der Waals surface area contributed by atoms with Crippen LogP contribution in [-0.2, 0) is 22.0 Å². The van der Waals surface area contributed by atoms with Gasteiger partial charge in [0.05, 0.1) is 5.41 Å². The zero-order chi connectivity index (χ0) is 22.3. The van der Waals surface area contributed by atoms with Crippen LogP contribution in [0.25, 0.3) is 0 Å². The van der Waals surface area contributed by atoms with E-state index in [-0.39, 0.29) is 10.7 Å². The van der Waals surface area contributed by atoms with Crippen LogP contribution in [0, 0.1) is 0 Å². The number of ketones is 1. The fraction of sp³-hybridized carbons (Fsp3) is 0.194. The van der Waals surface area contributed by atoms with Crippen LogP contribution in [0.4, 0.5) is 0 Å². The van der Waals surface area contributed by atoms with E-state index in [1.54, 1.807) is 0 Å². The number of Topliss-reactive ketones (excluding diaryl/α,β-unsaturated/α-hetero) is 1. The number of fused-ring (bicyclic) bond motifs is 2. The van der Waals surface area contributed by atoms with Gasteiger partial charge in [-0.25, -0.2) is 0 Å². The van der Waals surface area contributed by atoms with E-state index in [0.717, 1.165) is 12.8 Å². The van der Waals surface area contributed by atoms with E-state index in [1.165, 1.54) is 27.1 Å². The summed E-state index contributed by atoms with van der Waals surface area (Å²) in [6, 6.07) is 40.6. The van der Waals surface area contributed by atoms with Gasteiger partial charge in [-0.15, -0.1) is 11.8 Å². The molecule has 1 nitrogen and oxygen atoms in total. The van der Waals surface area contributed by atoms with Crippen LogP contribution >= 0.6 is 11.8 Å². The van der Waals surface area contributed by atoms with E-state index < -0.39 is 5.41 Å². The van der Waals surface area contributed by atoms with Gasteiger partial charge in [0.1, 0.15) is 5.78 Å². The quantitative estimate of drug-likeness (QED) is 0.336. The summed E-state index contributed by atoms with van der Waals surface area (Å²) in [5.74, 6) is 0.383. The first-order chi connectivity index (χ1) is 16.2. The highest BCUT2D eigenvalue weighted by Gasteiger charge is 2.62. The second kappa shape index (κ2) is 8.04. The molecule has 2 aliphatic carbocycles. The standard InChI is InChI=1S/C31H26OS/c32-28-21-30(24-13-4-1-5-14-24,25-15-6-2-7-16-25)22-31(28)27-19-11-10-12-23(27)20-29(31)33-26-17-8-3-9-18-26/h1-19,29H,20-22H2/t29-,31-/m0/s1. The Hall–Kier alpha value is -3.10. The molecule has 1 fully saturated rings. The number of benzene rings is 4. The second-order valence-electron chi connectivity index (χ2n) is 9.34. The number of hydrogen-bond acceptors (Lipinski definition) is 2. The van der Waals surface area contributed by atoms with Crippen LogP contribution in [0.2, 0.25) is 0 Å². The van der Waals surface area contributed by atoms with Gasteiger partial charge < -0.3 is 0 Å². The normalized spacial score (nSPS) is 23.0. The number of carbonyl (C=O) groups excluding carboxylic acids is 1. The molecule has 0 aliphatic heterocycles. The monoisotopic (exact) mass is 446 g/mol. The third-order valence-corrected chi connectivity index (χ3v) is 9.07. The lowest BCUT2D eigenvalue weighted by Gasteiger charge is -2.35. The third kappa shape index (κ3) is 3.20. The predicted molar refractivity (Wildman–Crippen MR) is 136 cm³/mol. The lowest BCUT2D eigenvalue weighted by Crippen LogP contribution is -2.39. The maximum Gasteiger partial charge on any atom is 0.145 e. The molecule has 2 heteroatoms. The molecule has 0 N–H and O–H groups in total. The summed E-state index contributed by atoms with van der Waals surface area (Å²) in [7, 11) is 0. The Morgan fingerprint density at radius 3 is 1.85 bits per heavy atom. The molecule has 0 unspecified atom stereocenters. The number of thioether (sulfide) groups is 1.